The number of hydrogen-bond acceptors (Lipinski definition) is 4. The number of benzene rings is 3. The Morgan fingerprint density at radius 1 is 1.00 bits per heavy atom. The molecule has 30 heavy (non-hydrogen) atoms. The first-order valence-electron chi connectivity index (χ1n) is 8.83. The zero-order chi connectivity index (χ0) is 21.7. The molecule has 3 aromatic carbocycles. The van der Waals surface area contributed by atoms with E-state index in [1.165, 1.54) is 6.21 Å². The van der Waals surface area contributed by atoms with Crippen molar-refractivity contribution in [2.45, 2.75) is 6.92 Å². The average Bonchev–Trinajstić information content (AvgIpc) is 2.71. The summed E-state index contributed by atoms with van der Waals surface area (Å²) in [6, 6.07) is 17.2. The van der Waals surface area contributed by atoms with Crippen molar-refractivity contribution in [2.75, 3.05) is 5.32 Å². The summed E-state index contributed by atoms with van der Waals surface area (Å²) in [5.74, 6) is -0.691. The van der Waals surface area contributed by atoms with Gasteiger partial charge in [0.2, 0.25) is 0 Å². The summed E-state index contributed by atoms with van der Waals surface area (Å²) >= 11 is 6.57. The molecule has 0 aliphatic carbocycles. The molecular weight excluding hydrogens is 514 g/mol. The van der Waals surface area contributed by atoms with E-state index in [1.54, 1.807) is 48.5 Å². The molecule has 0 aromatic heterocycles. The maximum absolute atomic E-state index is 12.5. The van der Waals surface area contributed by atoms with Crippen LogP contribution in [0.5, 0.6) is 5.75 Å². The molecule has 0 radical (unpaired) electrons. The third-order valence-corrected chi connectivity index (χ3v) is 5.26. The van der Waals surface area contributed by atoms with Crippen LogP contribution in [0.15, 0.2) is 74.7 Å². The van der Waals surface area contributed by atoms with Crippen LogP contribution in [0.1, 0.15) is 31.8 Å². The van der Waals surface area contributed by atoms with Gasteiger partial charge in [-0.25, -0.2) is 5.43 Å². The highest BCUT2D eigenvalue weighted by Gasteiger charge is 2.11. The highest BCUT2D eigenvalue weighted by molar-refractivity contribution is 9.11. The second-order valence-electron chi connectivity index (χ2n) is 6.37. The van der Waals surface area contributed by atoms with Gasteiger partial charge in [0.15, 0.2) is 0 Å². The topological polar surface area (TPSA) is 90.8 Å². The van der Waals surface area contributed by atoms with E-state index in [2.05, 4.69) is 47.7 Å². The Hall–Kier alpha value is -2.97. The second kappa shape index (κ2) is 9.69. The summed E-state index contributed by atoms with van der Waals surface area (Å²) in [5.41, 5.74) is 5.09. The van der Waals surface area contributed by atoms with Crippen LogP contribution < -0.4 is 10.7 Å². The highest BCUT2D eigenvalue weighted by Crippen LogP contribution is 2.30. The van der Waals surface area contributed by atoms with E-state index >= 15 is 0 Å². The maximum Gasteiger partial charge on any atom is 0.271 e. The number of hydrogen-bond donors (Lipinski definition) is 3. The molecule has 2 amide bonds. The van der Waals surface area contributed by atoms with Crippen LogP contribution in [-0.2, 0) is 0 Å². The van der Waals surface area contributed by atoms with Crippen molar-refractivity contribution >= 4 is 55.6 Å². The minimum atomic E-state index is -0.452. The Balaban J connectivity index is 1.69. The number of carbonyl (C=O) groups is 2. The third kappa shape index (κ3) is 5.34. The van der Waals surface area contributed by atoms with Crippen molar-refractivity contribution < 1.29 is 14.7 Å². The maximum atomic E-state index is 12.5. The minimum absolute atomic E-state index is 0.0112. The van der Waals surface area contributed by atoms with E-state index in [0.29, 0.717) is 26.9 Å². The Labute approximate surface area is 190 Å². The van der Waals surface area contributed by atoms with Gasteiger partial charge in [0.1, 0.15) is 5.75 Å². The van der Waals surface area contributed by atoms with Crippen LogP contribution in [0.2, 0.25) is 0 Å². The zero-order valence-corrected chi connectivity index (χ0v) is 19.0. The standard InChI is InChI=1S/C22H17Br2N3O3/c1-13-5-2-3-8-18(13)22(30)26-17-7-4-6-14(10-17)21(29)27-25-12-15-9-16(23)11-19(24)20(15)28/h2-12,28H,1H3,(H,26,30)(H,27,29)/b25-12+. The number of aryl methyl sites for hydroxylation is 1. The van der Waals surface area contributed by atoms with Gasteiger partial charge >= 0.3 is 0 Å². The van der Waals surface area contributed by atoms with E-state index < -0.39 is 5.91 Å². The molecule has 0 aliphatic rings. The highest BCUT2D eigenvalue weighted by atomic mass is 79.9. The van der Waals surface area contributed by atoms with Gasteiger partial charge in [-0.1, -0.05) is 40.2 Å². The van der Waals surface area contributed by atoms with Crippen LogP contribution in [0.3, 0.4) is 0 Å². The molecule has 8 heteroatoms. The fraction of sp³-hybridized carbons (Fsp3) is 0.0455. The molecule has 0 fully saturated rings. The van der Waals surface area contributed by atoms with Crippen LogP contribution >= 0.6 is 31.9 Å². The van der Waals surface area contributed by atoms with Crippen LogP contribution in [-0.4, -0.2) is 23.1 Å². The first-order chi connectivity index (χ1) is 14.3. The predicted octanol–water partition coefficient (Wildman–Crippen LogP) is 5.24. The lowest BCUT2D eigenvalue weighted by Crippen LogP contribution is -2.18. The number of nitrogens with zero attached hydrogens (tertiary/aromatic N) is 1. The van der Waals surface area contributed by atoms with Gasteiger partial charge in [0, 0.05) is 26.9 Å². The zero-order valence-electron chi connectivity index (χ0n) is 15.8. The summed E-state index contributed by atoms with van der Waals surface area (Å²) in [6.07, 6.45) is 1.34. The fourth-order valence-corrected chi connectivity index (χ4v) is 3.93. The van der Waals surface area contributed by atoms with Crippen LogP contribution in [0.4, 0.5) is 5.69 Å². The molecule has 0 unspecified atom stereocenters. The van der Waals surface area contributed by atoms with Crippen molar-refractivity contribution in [1.29, 1.82) is 0 Å². The fourth-order valence-electron chi connectivity index (χ4n) is 2.67. The van der Waals surface area contributed by atoms with Gasteiger partial charge in [-0.15, -0.1) is 0 Å². The lowest BCUT2D eigenvalue weighted by Gasteiger charge is -2.09. The number of hydrazone groups is 1. The van der Waals surface area contributed by atoms with Gasteiger partial charge in [0.25, 0.3) is 11.8 Å². The summed E-state index contributed by atoms with van der Waals surface area (Å²) in [4.78, 5) is 24.9. The van der Waals surface area contributed by atoms with E-state index in [4.69, 9.17) is 0 Å². The van der Waals surface area contributed by atoms with Gasteiger partial charge in [-0.3, -0.25) is 9.59 Å². The number of nitrogens with one attached hydrogen (secondary N) is 2. The number of rotatable bonds is 5. The molecule has 0 spiro atoms. The van der Waals surface area contributed by atoms with Gasteiger partial charge in [-0.05, 0) is 64.8 Å². The summed E-state index contributed by atoms with van der Waals surface area (Å²) < 4.78 is 1.25. The van der Waals surface area contributed by atoms with Crippen molar-refractivity contribution in [1.82, 2.24) is 5.43 Å². The van der Waals surface area contributed by atoms with E-state index in [9.17, 15) is 14.7 Å². The number of phenolic OH excluding ortho intramolecular Hbond substituents is 1. The number of anilines is 1. The SMILES string of the molecule is Cc1ccccc1C(=O)Nc1cccc(C(=O)N/N=C/c2cc(Br)cc(Br)c2O)c1. The third-order valence-electron chi connectivity index (χ3n) is 4.20. The lowest BCUT2D eigenvalue weighted by atomic mass is 10.1. The molecule has 3 N–H and O–H groups in total. The summed E-state index contributed by atoms with van der Waals surface area (Å²) in [6.45, 7) is 1.86. The van der Waals surface area contributed by atoms with Crippen molar-refractivity contribution in [2.24, 2.45) is 5.10 Å². The quantitative estimate of drug-likeness (QED) is 0.311. The molecular formula is C22H17Br2N3O3. The van der Waals surface area contributed by atoms with Crippen molar-refractivity contribution in [3.63, 3.8) is 0 Å². The first-order valence-corrected chi connectivity index (χ1v) is 10.4. The van der Waals surface area contributed by atoms with Crippen molar-refractivity contribution in [3.05, 3.63) is 91.9 Å². The first kappa shape index (κ1) is 21.7. The summed E-state index contributed by atoms with van der Waals surface area (Å²) in [7, 11) is 0. The molecule has 0 atom stereocenters. The predicted molar refractivity (Wildman–Crippen MR) is 124 cm³/mol. The second-order valence-corrected chi connectivity index (χ2v) is 8.14. The molecule has 0 saturated heterocycles. The molecule has 0 heterocycles. The van der Waals surface area contributed by atoms with E-state index in [-0.39, 0.29) is 11.7 Å². The Kier molecular flexibility index (Phi) is 7.02. The molecule has 0 saturated carbocycles. The van der Waals surface area contributed by atoms with Crippen LogP contribution in [0, 0.1) is 6.92 Å². The number of amides is 2. The molecule has 152 valence electrons. The van der Waals surface area contributed by atoms with Gasteiger partial charge < -0.3 is 10.4 Å². The average molecular weight is 531 g/mol. The molecule has 6 nitrogen and oxygen atoms in total. The number of carbonyl (C=O) groups excluding carboxylic acids is 2. The normalized spacial score (nSPS) is 10.8. The Morgan fingerprint density at radius 3 is 2.53 bits per heavy atom. The lowest BCUT2D eigenvalue weighted by molar-refractivity contribution is 0.0953. The molecule has 3 aromatic rings. The monoisotopic (exact) mass is 529 g/mol. The number of aromatic hydroxyl groups is 1. The molecule has 3 rings (SSSR count). The molecule has 0 aliphatic heterocycles. The summed E-state index contributed by atoms with van der Waals surface area (Å²) in [5, 5.41) is 16.7. The molecule has 0 bridgehead atoms. The largest absolute Gasteiger partial charge is 0.506 e. The van der Waals surface area contributed by atoms with Gasteiger partial charge in [0.05, 0.1) is 10.7 Å². The smallest absolute Gasteiger partial charge is 0.271 e. The Bertz CT molecular complexity index is 1150. The van der Waals surface area contributed by atoms with E-state index in [1.807, 2.05) is 19.1 Å². The number of halogens is 2. The van der Waals surface area contributed by atoms with Crippen molar-refractivity contribution in [3.8, 4) is 5.75 Å². The Morgan fingerprint density at radius 2 is 1.77 bits per heavy atom. The van der Waals surface area contributed by atoms with Crippen LogP contribution in [0.25, 0.3) is 0 Å². The minimum Gasteiger partial charge on any atom is -0.506 e. The van der Waals surface area contributed by atoms with Gasteiger partial charge in [-0.2, -0.15) is 5.10 Å². The number of phenols is 1. The van der Waals surface area contributed by atoms with E-state index in [0.717, 1.165) is 10.0 Å².